The first-order valence-electron chi connectivity index (χ1n) is 22.2. The average Bonchev–Trinajstić information content (AvgIpc) is 4.24. The Hall–Kier alpha value is -4.62. The van der Waals surface area contributed by atoms with Gasteiger partial charge in [0.05, 0.1) is 59.6 Å². The molecule has 0 saturated heterocycles. The van der Waals surface area contributed by atoms with Crippen molar-refractivity contribution in [1.29, 1.82) is 0 Å². The van der Waals surface area contributed by atoms with E-state index in [0.29, 0.717) is 44.9 Å². The molecule has 0 aliphatic heterocycles. The molecule has 0 unspecified atom stereocenters. The summed E-state index contributed by atoms with van der Waals surface area (Å²) in [5.41, 5.74) is 8.71. The summed E-state index contributed by atoms with van der Waals surface area (Å²) in [6.07, 6.45) is 17.3. The van der Waals surface area contributed by atoms with Gasteiger partial charge in [0, 0.05) is 20.9 Å². The number of thiazole rings is 2. The zero-order valence-electron chi connectivity index (χ0n) is 39.3. The van der Waals surface area contributed by atoms with Crippen molar-refractivity contribution in [3.63, 3.8) is 0 Å². The van der Waals surface area contributed by atoms with E-state index in [0.717, 1.165) is 89.1 Å². The number of hydrogen-bond acceptors (Lipinski definition) is 8. The van der Waals surface area contributed by atoms with E-state index in [1.807, 2.05) is 69.3 Å². The van der Waals surface area contributed by atoms with Crippen LogP contribution >= 0.6 is 61.8 Å². The van der Waals surface area contributed by atoms with E-state index in [2.05, 4.69) is 44.9 Å². The predicted octanol–water partition coefficient (Wildman–Crippen LogP) is 16.0. The number of aromatic nitrogens is 2. The number of methoxy groups -OCH3 is 2. The highest BCUT2D eigenvalue weighted by Crippen LogP contribution is 2.46. The number of ether oxygens (including phenoxy) is 2. The molecule has 2 fully saturated rings. The highest BCUT2D eigenvalue weighted by molar-refractivity contribution is 9.09. The molecular formula is C54H57BrCl2F2N4O2S2. The number of benzene rings is 4. The van der Waals surface area contributed by atoms with Gasteiger partial charge in [-0.1, -0.05) is 101 Å². The maximum atomic E-state index is 14.5. The summed E-state index contributed by atoms with van der Waals surface area (Å²) in [5.74, 6) is 7.64. The molecule has 0 bridgehead atoms. The van der Waals surface area contributed by atoms with Gasteiger partial charge in [-0.15, -0.1) is 35.5 Å². The van der Waals surface area contributed by atoms with Crippen LogP contribution in [0, 0.1) is 89.7 Å². The van der Waals surface area contributed by atoms with Crippen molar-refractivity contribution in [2.45, 2.75) is 92.2 Å². The summed E-state index contributed by atoms with van der Waals surface area (Å²) in [6.45, 7) is 12.1. The van der Waals surface area contributed by atoms with Crippen LogP contribution in [0.25, 0.3) is 22.5 Å². The third kappa shape index (κ3) is 13.3. The summed E-state index contributed by atoms with van der Waals surface area (Å²) in [4.78, 5) is 14.1. The van der Waals surface area contributed by atoms with Gasteiger partial charge >= 0.3 is 0 Å². The van der Waals surface area contributed by atoms with Crippen LogP contribution in [0.15, 0.2) is 60.7 Å². The SMILES string of the molecule is C#CCBr.C#CCN(c1nc(-c2cc(C)c(OC)cc2Cl)c(C)s1)[C@@H](CC1CC1)c1ccc(C)c(F)c1.COc1cc(Cl)c(-c2nc(N[C@@H](CC3CC3)c3ccc(C)c(F)c3)sc2C)cc1C. The number of nitrogens with one attached hydrogen (secondary N) is 1. The molecule has 2 saturated carbocycles. The molecule has 2 aromatic heterocycles. The third-order valence-electron chi connectivity index (χ3n) is 12.0. The van der Waals surface area contributed by atoms with Crippen molar-refractivity contribution in [1.82, 2.24) is 9.97 Å². The molecule has 4 aromatic carbocycles. The minimum atomic E-state index is -0.189. The fourth-order valence-corrected chi connectivity index (χ4v) is 10.2. The fraction of sp³-hybridized carbons (Fsp3) is 0.370. The number of rotatable bonds is 15. The molecule has 67 heavy (non-hydrogen) atoms. The quantitative estimate of drug-likeness (QED) is 0.0817. The van der Waals surface area contributed by atoms with Crippen molar-refractivity contribution in [3.8, 4) is 58.7 Å². The van der Waals surface area contributed by atoms with Crippen LogP contribution < -0.4 is 19.7 Å². The number of halogens is 5. The van der Waals surface area contributed by atoms with Crippen molar-refractivity contribution >= 4 is 72.1 Å². The Labute approximate surface area is 422 Å². The van der Waals surface area contributed by atoms with Crippen LogP contribution in [0.2, 0.25) is 10.0 Å². The van der Waals surface area contributed by atoms with Crippen molar-refractivity contribution in [2.24, 2.45) is 11.8 Å². The normalized spacial score (nSPS) is 13.8. The van der Waals surface area contributed by atoms with Crippen LogP contribution in [0.4, 0.5) is 19.0 Å². The van der Waals surface area contributed by atoms with Gasteiger partial charge in [0.2, 0.25) is 0 Å². The van der Waals surface area contributed by atoms with E-state index in [-0.39, 0.29) is 23.7 Å². The van der Waals surface area contributed by atoms with Crippen LogP contribution in [-0.2, 0) is 0 Å². The lowest BCUT2D eigenvalue weighted by atomic mass is 9.98. The van der Waals surface area contributed by atoms with Crippen LogP contribution in [-0.4, -0.2) is 36.1 Å². The first-order chi connectivity index (χ1) is 32.1. The Bertz CT molecular complexity index is 2770. The number of alkyl halides is 1. The van der Waals surface area contributed by atoms with Crippen molar-refractivity contribution in [2.75, 3.05) is 36.3 Å². The molecule has 0 spiro atoms. The molecule has 2 aliphatic rings. The largest absolute Gasteiger partial charge is 0.496 e. The van der Waals surface area contributed by atoms with E-state index < -0.39 is 0 Å². The number of aryl methyl sites for hydroxylation is 6. The van der Waals surface area contributed by atoms with Crippen LogP contribution in [0.1, 0.15) is 93.7 Å². The van der Waals surface area contributed by atoms with Gasteiger partial charge in [0.1, 0.15) is 23.1 Å². The number of nitrogens with zero attached hydrogens (tertiary/aromatic N) is 3. The Balaban J connectivity index is 0.000000206. The van der Waals surface area contributed by atoms with E-state index in [4.69, 9.17) is 55.5 Å². The summed E-state index contributed by atoms with van der Waals surface area (Å²) in [5, 5.41) is 7.11. The van der Waals surface area contributed by atoms with Gasteiger partial charge in [-0.2, -0.15) is 0 Å². The summed E-state index contributed by atoms with van der Waals surface area (Å²) in [6, 6.07) is 18.7. The zero-order valence-corrected chi connectivity index (χ0v) is 44.0. The monoisotopic (exact) mass is 1040 g/mol. The summed E-state index contributed by atoms with van der Waals surface area (Å²) < 4.78 is 39.5. The summed E-state index contributed by atoms with van der Waals surface area (Å²) in [7, 11) is 3.28. The van der Waals surface area contributed by atoms with E-state index in [1.54, 1.807) is 62.9 Å². The fourth-order valence-electron chi connectivity index (χ4n) is 7.87. The second-order valence-electron chi connectivity index (χ2n) is 17.2. The topological polar surface area (TPSA) is 59.5 Å². The van der Waals surface area contributed by atoms with Gasteiger partial charge in [-0.25, -0.2) is 18.7 Å². The lowest BCUT2D eigenvalue weighted by molar-refractivity contribution is 0.411. The highest BCUT2D eigenvalue weighted by atomic mass is 79.9. The Kier molecular flexibility index (Phi) is 18.2. The van der Waals surface area contributed by atoms with Gasteiger partial charge in [0.15, 0.2) is 10.3 Å². The van der Waals surface area contributed by atoms with Gasteiger partial charge in [-0.3, -0.25) is 0 Å². The first kappa shape index (κ1) is 51.8. The van der Waals surface area contributed by atoms with E-state index in [1.165, 1.54) is 25.7 Å². The van der Waals surface area contributed by atoms with Crippen molar-refractivity contribution < 1.29 is 18.3 Å². The van der Waals surface area contributed by atoms with Gasteiger partial charge < -0.3 is 19.7 Å². The Morgan fingerprint density at radius 2 is 1.21 bits per heavy atom. The molecule has 8 rings (SSSR count). The molecule has 0 amide bonds. The molecular weight excluding hydrogens is 990 g/mol. The Morgan fingerprint density at radius 3 is 1.70 bits per heavy atom. The molecule has 6 nitrogen and oxygen atoms in total. The number of hydrogen-bond donors (Lipinski definition) is 1. The maximum Gasteiger partial charge on any atom is 0.187 e. The molecule has 2 aliphatic carbocycles. The van der Waals surface area contributed by atoms with E-state index in [9.17, 15) is 8.78 Å². The van der Waals surface area contributed by atoms with Gasteiger partial charge in [0.25, 0.3) is 0 Å². The average molecular weight is 1050 g/mol. The third-order valence-corrected chi connectivity index (χ3v) is 14.9. The zero-order chi connectivity index (χ0) is 48.5. The van der Waals surface area contributed by atoms with E-state index >= 15 is 0 Å². The minimum Gasteiger partial charge on any atom is -0.496 e. The maximum absolute atomic E-state index is 14.5. The number of terminal acetylenes is 2. The highest BCUT2D eigenvalue weighted by Gasteiger charge is 2.32. The molecule has 6 aromatic rings. The van der Waals surface area contributed by atoms with Crippen molar-refractivity contribution in [3.05, 3.63) is 125 Å². The first-order valence-corrected chi connectivity index (χ1v) is 25.7. The second-order valence-corrected chi connectivity index (χ2v) is 20.9. The molecule has 13 heteroatoms. The molecule has 2 atom stereocenters. The molecule has 2 heterocycles. The molecule has 0 radical (unpaired) electrons. The minimum absolute atomic E-state index is 0.0323. The smallest absolute Gasteiger partial charge is 0.187 e. The molecule has 352 valence electrons. The Morgan fingerprint density at radius 1 is 0.716 bits per heavy atom. The standard InChI is InChI=1S/C27H28ClFN2OS.C24H26ClFN2OS.C3H3Br/c1-6-11-31(24(13-19-8-9-19)20-10-7-16(2)23(29)14-20)27-30-26(18(4)33-27)21-12-17(3)25(32-5)15-22(21)28;1-13-5-8-17(11-20(13)26)21(10-16-6-7-16)27-24-28-23(15(3)30-24)18-9-14(2)22(29-4)12-19(18)25;1-2-3-4/h1,7,10,12,14-15,19,24H,8-9,11,13H2,2-5H3;5,8-9,11-12,16,21H,6-7,10H2,1-4H3,(H,27,28);1H,3H2/t24-;21-;/m00./s1. The lowest BCUT2D eigenvalue weighted by Gasteiger charge is -2.31. The number of anilines is 2. The van der Waals surface area contributed by atoms with Gasteiger partial charge in [-0.05, 0) is 136 Å². The lowest BCUT2D eigenvalue weighted by Crippen LogP contribution is -2.29. The molecule has 1 N–H and O–H groups in total. The summed E-state index contributed by atoms with van der Waals surface area (Å²) >= 11 is 19.3. The predicted molar refractivity (Wildman–Crippen MR) is 282 cm³/mol. The second kappa shape index (κ2) is 23.6. The van der Waals surface area contributed by atoms with Crippen LogP contribution in [0.5, 0.6) is 11.5 Å². The van der Waals surface area contributed by atoms with Crippen LogP contribution in [0.3, 0.4) is 0 Å².